The van der Waals surface area contributed by atoms with Crippen LogP contribution in [0.5, 0.6) is 0 Å². The third kappa shape index (κ3) is 3.07. The van der Waals surface area contributed by atoms with E-state index in [4.69, 9.17) is 4.74 Å². The van der Waals surface area contributed by atoms with Crippen molar-refractivity contribution in [2.75, 3.05) is 7.11 Å². The topological polar surface area (TPSA) is 39.2 Å². The lowest BCUT2D eigenvalue weighted by Crippen LogP contribution is -2.09. The summed E-state index contributed by atoms with van der Waals surface area (Å²) >= 11 is 3.23. The number of carbonyl (C=O) groups is 1. The van der Waals surface area contributed by atoms with Gasteiger partial charge in [-0.1, -0.05) is 6.07 Å². The summed E-state index contributed by atoms with van der Waals surface area (Å²) in [5.41, 5.74) is 2.19. The number of nitrogens with zero attached hydrogens (tertiary/aromatic N) is 1. The number of hydrogen-bond donors (Lipinski definition) is 0. The van der Waals surface area contributed by atoms with E-state index in [0.717, 1.165) is 3.57 Å². The fourth-order valence-electron chi connectivity index (χ4n) is 2.32. The Balaban J connectivity index is 2.17. The van der Waals surface area contributed by atoms with Gasteiger partial charge in [0.2, 0.25) is 0 Å². The first kappa shape index (κ1) is 16.3. The van der Waals surface area contributed by atoms with Crippen LogP contribution in [0.4, 0.5) is 8.78 Å². The van der Waals surface area contributed by atoms with Crippen LogP contribution in [0.3, 0.4) is 0 Å². The Labute approximate surface area is 148 Å². The second kappa shape index (κ2) is 6.48. The SMILES string of the molecule is COC(=O)c1cc2scnc2c(F)c1Cc1ccc(I)cc1F. The van der Waals surface area contributed by atoms with Gasteiger partial charge in [-0.05, 0) is 46.4 Å². The Morgan fingerprint density at radius 3 is 2.83 bits per heavy atom. The minimum atomic E-state index is -0.653. The number of thiazole rings is 1. The summed E-state index contributed by atoms with van der Waals surface area (Å²) in [5.74, 6) is -1.70. The molecule has 0 bridgehead atoms. The number of hydrogen-bond acceptors (Lipinski definition) is 4. The lowest BCUT2D eigenvalue weighted by Gasteiger charge is -2.11. The zero-order chi connectivity index (χ0) is 16.6. The van der Waals surface area contributed by atoms with Gasteiger partial charge >= 0.3 is 5.97 Å². The predicted octanol–water partition coefficient (Wildman–Crippen LogP) is 4.56. The minimum Gasteiger partial charge on any atom is -0.465 e. The number of ether oxygens (including phenoxy) is 1. The molecule has 1 heterocycles. The van der Waals surface area contributed by atoms with E-state index < -0.39 is 17.6 Å². The molecule has 0 atom stereocenters. The molecule has 7 heteroatoms. The van der Waals surface area contributed by atoms with Crippen molar-refractivity contribution in [3.63, 3.8) is 0 Å². The number of benzene rings is 2. The minimum absolute atomic E-state index is 0.0491. The molecule has 0 aliphatic carbocycles. The summed E-state index contributed by atoms with van der Waals surface area (Å²) in [5, 5.41) is 0. The van der Waals surface area contributed by atoms with Crippen molar-refractivity contribution >= 4 is 50.1 Å². The van der Waals surface area contributed by atoms with Crippen LogP contribution in [-0.2, 0) is 11.2 Å². The average Bonchev–Trinajstić information content (AvgIpc) is 3.00. The number of rotatable bonds is 3. The molecule has 0 spiro atoms. The van der Waals surface area contributed by atoms with Gasteiger partial charge in [0.1, 0.15) is 11.3 Å². The molecule has 0 unspecified atom stereocenters. The van der Waals surface area contributed by atoms with E-state index in [9.17, 15) is 13.6 Å². The Morgan fingerprint density at radius 1 is 1.35 bits per heavy atom. The van der Waals surface area contributed by atoms with Crippen LogP contribution < -0.4 is 0 Å². The molecule has 0 N–H and O–H groups in total. The first-order chi connectivity index (χ1) is 11.0. The molecular weight excluding hydrogens is 435 g/mol. The molecule has 0 amide bonds. The van der Waals surface area contributed by atoms with Crippen LogP contribution in [0.1, 0.15) is 21.5 Å². The van der Waals surface area contributed by atoms with Crippen molar-refractivity contribution in [2.24, 2.45) is 0 Å². The molecule has 1 aromatic heterocycles. The highest BCUT2D eigenvalue weighted by atomic mass is 127. The standard InChI is InChI=1S/C16H10F2INO2S/c1-22-16(21)11-6-13-15(20-7-23-13)14(18)10(11)4-8-2-3-9(19)5-12(8)17/h2-3,5-7H,4H2,1H3. The van der Waals surface area contributed by atoms with Crippen molar-refractivity contribution in [1.82, 2.24) is 4.98 Å². The molecule has 0 radical (unpaired) electrons. The number of carbonyl (C=O) groups excluding carboxylic acids is 1. The summed E-state index contributed by atoms with van der Waals surface area (Å²) in [6.07, 6.45) is -0.0491. The lowest BCUT2D eigenvalue weighted by atomic mass is 9.98. The molecule has 3 aromatic rings. The van der Waals surface area contributed by atoms with Crippen molar-refractivity contribution in [3.8, 4) is 0 Å². The molecule has 0 aliphatic heterocycles. The normalized spacial score (nSPS) is 11.0. The molecule has 3 nitrogen and oxygen atoms in total. The maximum absolute atomic E-state index is 14.8. The zero-order valence-electron chi connectivity index (χ0n) is 11.9. The zero-order valence-corrected chi connectivity index (χ0v) is 14.9. The predicted molar refractivity (Wildman–Crippen MR) is 92.8 cm³/mol. The average molecular weight is 445 g/mol. The highest BCUT2D eigenvalue weighted by Crippen LogP contribution is 2.29. The molecule has 0 fully saturated rings. The van der Waals surface area contributed by atoms with Crippen LogP contribution >= 0.6 is 33.9 Å². The van der Waals surface area contributed by atoms with Gasteiger partial charge in [0.05, 0.1) is 22.9 Å². The molecule has 2 aromatic carbocycles. The van der Waals surface area contributed by atoms with Gasteiger partial charge in [0.15, 0.2) is 5.82 Å². The summed E-state index contributed by atoms with van der Waals surface area (Å²) < 4.78 is 34.9. The lowest BCUT2D eigenvalue weighted by molar-refractivity contribution is 0.0599. The van der Waals surface area contributed by atoms with Gasteiger partial charge in [-0.15, -0.1) is 11.3 Å². The van der Waals surface area contributed by atoms with E-state index in [1.165, 1.54) is 30.0 Å². The van der Waals surface area contributed by atoms with E-state index in [1.807, 2.05) is 22.6 Å². The fourth-order valence-corrected chi connectivity index (χ4v) is 3.49. The molecule has 0 saturated carbocycles. The quantitative estimate of drug-likeness (QED) is 0.439. The van der Waals surface area contributed by atoms with E-state index in [2.05, 4.69) is 4.98 Å². The number of esters is 1. The Morgan fingerprint density at radius 2 is 2.13 bits per heavy atom. The summed E-state index contributed by atoms with van der Waals surface area (Å²) in [6.45, 7) is 0. The Bertz CT molecular complexity index is 910. The van der Waals surface area contributed by atoms with Crippen molar-refractivity contribution in [2.45, 2.75) is 6.42 Å². The van der Waals surface area contributed by atoms with Crippen molar-refractivity contribution in [3.05, 3.63) is 61.7 Å². The highest BCUT2D eigenvalue weighted by molar-refractivity contribution is 14.1. The third-order valence-electron chi connectivity index (χ3n) is 3.46. The van der Waals surface area contributed by atoms with Crippen LogP contribution in [-0.4, -0.2) is 18.1 Å². The first-order valence-corrected chi connectivity index (χ1v) is 8.54. The van der Waals surface area contributed by atoms with E-state index in [0.29, 0.717) is 10.3 Å². The van der Waals surface area contributed by atoms with Crippen LogP contribution in [0.2, 0.25) is 0 Å². The largest absolute Gasteiger partial charge is 0.465 e. The van der Waals surface area contributed by atoms with Crippen LogP contribution in [0.15, 0.2) is 29.8 Å². The van der Waals surface area contributed by atoms with Gasteiger partial charge in [-0.25, -0.2) is 18.6 Å². The number of fused-ring (bicyclic) bond motifs is 1. The second-order valence-electron chi connectivity index (χ2n) is 4.82. The maximum Gasteiger partial charge on any atom is 0.338 e. The van der Waals surface area contributed by atoms with Crippen molar-refractivity contribution in [1.29, 1.82) is 0 Å². The van der Waals surface area contributed by atoms with E-state index in [-0.39, 0.29) is 23.1 Å². The molecule has 3 rings (SSSR count). The molecule has 23 heavy (non-hydrogen) atoms. The summed E-state index contributed by atoms with van der Waals surface area (Å²) in [6, 6.07) is 6.23. The monoisotopic (exact) mass is 445 g/mol. The number of halogens is 3. The summed E-state index contributed by atoms with van der Waals surface area (Å²) in [7, 11) is 1.23. The van der Waals surface area contributed by atoms with Gasteiger partial charge in [-0.3, -0.25) is 0 Å². The van der Waals surface area contributed by atoms with E-state index in [1.54, 1.807) is 18.2 Å². The molecule has 0 aliphatic rings. The first-order valence-electron chi connectivity index (χ1n) is 6.58. The second-order valence-corrected chi connectivity index (χ2v) is 6.95. The molecule has 118 valence electrons. The summed E-state index contributed by atoms with van der Waals surface area (Å²) in [4.78, 5) is 16.0. The third-order valence-corrected chi connectivity index (χ3v) is 4.90. The number of aromatic nitrogens is 1. The van der Waals surface area contributed by atoms with Gasteiger partial charge in [0.25, 0.3) is 0 Å². The fraction of sp³-hybridized carbons (Fsp3) is 0.125. The molecular formula is C16H10F2INO2S. The maximum atomic E-state index is 14.8. The van der Waals surface area contributed by atoms with Crippen LogP contribution in [0, 0.1) is 15.2 Å². The Kier molecular flexibility index (Phi) is 4.58. The Hall–Kier alpha value is -1.61. The van der Waals surface area contributed by atoms with Crippen LogP contribution in [0.25, 0.3) is 10.2 Å². The van der Waals surface area contributed by atoms with Gasteiger partial charge in [0, 0.05) is 15.6 Å². The van der Waals surface area contributed by atoms with Gasteiger partial charge < -0.3 is 4.74 Å². The van der Waals surface area contributed by atoms with E-state index >= 15 is 0 Å². The number of methoxy groups -OCH3 is 1. The highest BCUT2D eigenvalue weighted by Gasteiger charge is 2.21. The smallest absolute Gasteiger partial charge is 0.338 e. The molecule has 0 saturated heterocycles. The van der Waals surface area contributed by atoms with Crippen molar-refractivity contribution < 1.29 is 18.3 Å². The van der Waals surface area contributed by atoms with Gasteiger partial charge in [-0.2, -0.15) is 0 Å².